The summed E-state index contributed by atoms with van der Waals surface area (Å²) in [7, 11) is 0. The Bertz CT molecular complexity index is 459. The minimum Gasteiger partial charge on any atom is -0.337 e. The number of amides is 1. The molecular weight excluding hydrogens is 246 g/mol. The molecule has 4 nitrogen and oxygen atoms in total. The fourth-order valence-electron chi connectivity index (χ4n) is 1.77. The number of nitrogens with zero attached hydrogens (tertiary/aromatic N) is 3. The second-order valence-corrected chi connectivity index (χ2v) is 5.90. The van der Waals surface area contributed by atoms with E-state index in [1.54, 1.807) is 4.90 Å². The Balaban J connectivity index is 2.88. The summed E-state index contributed by atoms with van der Waals surface area (Å²) >= 11 is 1.43. The van der Waals surface area contributed by atoms with Gasteiger partial charge in [-0.2, -0.15) is 5.26 Å². The molecule has 0 saturated heterocycles. The smallest absolute Gasteiger partial charge is 0.265 e. The molecule has 98 valence electrons. The van der Waals surface area contributed by atoms with E-state index in [0.717, 1.165) is 10.7 Å². The molecule has 1 aromatic heterocycles. The van der Waals surface area contributed by atoms with Crippen LogP contribution in [0, 0.1) is 31.1 Å². The molecule has 0 aliphatic rings. The van der Waals surface area contributed by atoms with E-state index >= 15 is 0 Å². The highest BCUT2D eigenvalue weighted by molar-refractivity contribution is 7.13. The lowest BCUT2D eigenvalue weighted by Crippen LogP contribution is -2.34. The van der Waals surface area contributed by atoms with Crippen molar-refractivity contribution in [2.75, 3.05) is 13.1 Å². The summed E-state index contributed by atoms with van der Waals surface area (Å²) in [5, 5.41) is 9.57. The minimum absolute atomic E-state index is 0.00190. The largest absolute Gasteiger partial charge is 0.337 e. The zero-order valence-electron chi connectivity index (χ0n) is 11.4. The van der Waals surface area contributed by atoms with Crippen LogP contribution in [0.1, 0.15) is 40.6 Å². The summed E-state index contributed by atoms with van der Waals surface area (Å²) in [6, 6.07) is 2.09. The standard InChI is InChI=1S/C13H19N3OS/c1-9(2)8-16(7-5-6-14)13(17)12-10(3)15-11(4)18-12/h9H,5,7-8H2,1-4H3. The van der Waals surface area contributed by atoms with Gasteiger partial charge in [0, 0.05) is 13.1 Å². The maximum Gasteiger partial charge on any atom is 0.265 e. The van der Waals surface area contributed by atoms with Crippen LogP contribution in [-0.2, 0) is 0 Å². The molecule has 0 fully saturated rings. The van der Waals surface area contributed by atoms with E-state index < -0.39 is 0 Å². The number of aryl methyl sites for hydroxylation is 2. The Morgan fingerprint density at radius 2 is 2.17 bits per heavy atom. The van der Waals surface area contributed by atoms with Crippen molar-refractivity contribution < 1.29 is 4.79 Å². The Labute approximate surface area is 112 Å². The molecule has 0 aliphatic carbocycles. The third-order valence-electron chi connectivity index (χ3n) is 2.46. The van der Waals surface area contributed by atoms with E-state index in [1.165, 1.54) is 11.3 Å². The first-order chi connectivity index (χ1) is 8.45. The lowest BCUT2D eigenvalue weighted by molar-refractivity contribution is 0.0744. The summed E-state index contributed by atoms with van der Waals surface area (Å²) in [6.45, 7) is 9.06. The highest BCUT2D eigenvalue weighted by atomic mass is 32.1. The lowest BCUT2D eigenvalue weighted by atomic mass is 10.2. The van der Waals surface area contributed by atoms with Gasteiger partial charge in [-0.25, -0.2) is 4.98 Å². The highest BCUT2D eigenvalue weighted by Gasteiger charge is 2.21. The van der Waals surface area contributed by atoms with Crippen LogP contribution in [-0.4, -0.2) is 28.9 Å². The molecule has 1 rings (SSSR count). The van der Waals surface area contributed by atoms with Crippen molar-refractivity contribution in [3.63, 3.8) is 0 Å². The van der Waals surface area contributed by atoms with Crippen LogP contribution in [0.3, 0.4) is 0 Å². The topological polar surface area (TPSA) is 57.0 Å². The zero-order valence-corrected chi connectivity index (χ0v) is 12.2. The summed E-state index contributed by atoms with van der Waals surface area (Å²) in [5.74, 6) is 0.393. The average molecular weight is 265 g/mol. The van der Waals surface area contributed by atoms with Crippen LogP contribution in [0.15, 0.2) is 0 Å². The van der Waals surface area contributed by atoms with Crippen molar-refractivity contribution in [1.29, 1.82) is 5.26 Å². The molecule has 0 spiro atoms. The van der Waals surface area contributed by atoms with Crippen LogP contribution >= 0.6 is 11.3 Å². The zero-order chi connectivity index (χ0) is 13.7. The maximum absolute atomic E-state index is 12.4. The number of carbonyl (C=O) groups excluding carboxylic acids is 1. The number of hydrogen-bond donors (Lipinski definition) is 0. The monoisotopic (exact) mass is 265 g/mol. The van der Waals surface area contributed by atoms with E-state index in [0.29, 0.717) is 30.3 Å². The maximum atomic E-state index is 12.4. The van der Waals surface area contributed by atoms with E-state index in [-0.39, 0.29) is 5.91 Å². The SMILES string of the molecule is Cc1nc(C)c(C(=O)N(CCC#N)CC(C)C)s1. The average Bonchev–Trinajstić information content (AvgIpc) is 2.62. The van der Waals surface area contributed by atoms with Crippen molar-refractivity contribution in [1.82, 2.24) is 9.88 Å². The van der Waals surface area contributed by atoms with Gasteiger partial charge in [0.15, 0.2) is 0 Å². The van der Waals surface area contributed by atoms with Gasteiger partial charge in [0.05, 0.1) is 23.2 Å². The van der Waals surface area contributed by atoms with Crippen molar-refractivity contribution in [3.05, 3.63) is 15.6 Å². The third kappa shape index (κ3) is 3.81. The first-order valence-corrected chi connectivity index (χ1v) is 6.87. The number of hydrogen-bond acceptors (Lipinski definition) is 4. The number of thiazole rings is 1. The van der Waals surface area contributed by atoms with Crippen LogP contribution in [0.4, 0.5) is 0 Å². The lowest BCUT2D eigenvalue weighted by Gasteiger charge is -2.23. The van der Waals surface area contributed by atoms with E-state index in [1.807, 2.05) is 13.8 Å². The van der Waals surface area contributed by atoms with Gasteiger partial charge in [-0.1, -0.05) is 13.8 Å². The molecule has 1 heterocycles. The molecular formula is C13H19N3OS. The molecule has 0 atom stereocenters. The molecule has 0 aromatic carbocycles. The van der Waals surface area contributed by atoms with Crippen LogP contribution in [0.5, 0.6) is 0 Å². The first-order valence-electron chi connectivity index (χ1n) is 6.06. The van der Waals surface area contributed by atoms with Crippen molar-refractivity contribution >= 4 is 17.2 Å². The second-order valence-electron chi connectivity index (χ2n) is 4.70. The Hall–Kier alpha value is -1.41. The van der Waals surface area contributed by atoms with E-state index in [4.69, 9.17) is 5.26 Å². The van der Waals surface area contributed by atoms with Crippen molar-refractivity contribution in [2.24, 2.45) is 5.92 Å². The third-order valence-corrected chi connectivity index (χ3v) is 3.52. The molecule has 1 aromatic rings. The molecule has 18 heavy (non-hydrogen) atoms. The number of nitriles is 1. The van der Waals surface area contributed by atoms with Gasteiger partial charge in [0.2, 0.25) is 0 Å². The first kappa shape index (κ1) is 14.7. The Morgan fingerprint density at radius 1 is 1.50 bits per heavy atom. The quantitative estimate of drug-likeness (QED) is 0.822. The molecule has 0 unspecified atom stereocenters. The molecule has 0 saturated carbocycles. The number of aromatic nitrogens is 1. The summed E-state index contributed by atoms with van der Waals surface area (Å²) < 4.78 is 0. The molecule has 0 radical (unpaired) electrons. The van der Waals surface area contributed by atoms with Gasteiger partial charge in [0.25, 0.3) is 5.91 Å². The van der Waals surface area contributed by atoms with Gasteiger partial charge >= 0.3 is 0 Å². The normalized spacial score (nSPS) is 10.4. The fraction of sp³-hybridized carbons (Fsp3) is 0.615. The van der Waals surface area contributed by atoms with Gasteiger partial charge in [-0.15, -0.1) is 11.3 Å². The molecule has 0 bridgehead atoms. The van der Waals surface area contributed by atoms with Gasteiger partial charge in [0.1, 0.15) is 4.88 Å². The predicted octanol–water partition coefficient (Wildman–Crippen LogP) is 2.77. The number of rotatable bonds is 5. The molecule has 1 amide bonds. The van der Waals surface area contributed by atoms with Crippen LogP contribution in [0.2, 0.25) is 0 Å². The number of carbonyl (C=O) groups is 1. The molecule has 5 heteroatoms. The van der Waals surface area contributed by atoms with E-state index in [9.17, 15) is 4.79 Å². The van der Waals surface area contributed by atoms with Gasteiger partial charge in [-0.05, 0) is 19.8 Å². The Kier molecular flexibility index (Phi) is 5.29. The van der Waals surface area contributed by atoms with E-state index in [2.05, 4.69) is 24.9 Å². The van der Waals surface area contributed by atoms with Crippen molar-refractivity contribution in [2.45, 2.75) is 34.1 Å². The minimum atomic E-state index is 0.00190. The summed E-state index contributed by atoms with van der Waals surface area (Å²) in [4.78, 5) is 19.1. The Morgan fingerprint density at radius 3 is 2.61 bits per heavy atom. The fourth-order valence-corrected chi connectivity index (χ4v) is 2.66. The van der Waals surface area contributed by atoms with Crippen LogP contribution in [0.25, 0.3) is 0 Å². The summed E-state index contributed by atoms with van der Waals surface area (Å²) in [5.41, 5.74) is 0.785. The summed E-state index contributed by atoms with van der Waals surface area (Å²) in [6.07, 6.45) is 0.370. The molecule has 0 aliphatic heterocycles. The molecule has 0 N–H and O–H groups in total. The van der Waals surface area contributed by atoms with Crippen LogP contribution < -0.4 is 0 Å². The van der Waals surface area contributed by atoms with Gasteiger partial charge in [-0.3, -0.25) is 4.79 Å². The van der Waals surface area contributed by atoms with Crippen molar-refractivity contribution in [3.8, 4) is 6.07 Å². The highest BCUT2D eigenvalue weighted by Crippen LogP contribution is 2.20. The van der Waals surface area contributed by atoms with Gasteiger partial charge < -0.3 is 4.90 Å². The second kappa shape index (κ2) is 6.50. The predicted molar refractivity (Wildman–Crippen MR) is 72.6 cm³/mol.